The Morgan fingerprint density at radius 2 is 1.74 bits per heavy atom. The Morgan fingerprint density at radius 1 is 0.886 bits per heavy atom. The van der Waals surface area contributed by atoms with Gasteiger partial charge < -0.3 is 10.3 Å². The number of halogens is 1. The number of imidazole rings is 1. The van der Waals surface area contributed by atoms with Crippen LogP contribution in [-0.4, -0.2) is 41.2 Å². The first-order chi connectivity index (χ1) is 17.1. The van der Waals surface area contributed by atoms with E-state index < -0.39 is 5.82 Å². The molecule has 0 radical (unpaired) electrons. The highest BCUT2D eigenvalue weighted by molar-refractivity contribution is 5.97. The van der Waals surface area contributed by atoms with Gasteiger partial charge in [0.05, 0.1) is 16.9 Å². The van der Waals surface area contributed by atoms with Gasteiger partial charge in [-0.05, 0) is 55.8 Å². The van der Waals surface area contributed by atoms with E-state index in [1.807, 2.05) is 30.3 Å². The molecule has 0 saturated carbocycles. The van der Waals surface area contributed by atoms with Crippen LogP contribution in [0.25, 0.3) is 55.8 Å². The van der Waals surface area contributed by atoms with Gasteiger partial charge in [0.1, 0.15) is 16.7 Å². The van der Waals surface area contributed by atoms with Crippen molar-refractivity contribution >= 4 is 27.6 Å². The summed E-state index contributed by atoms with van der Waals surface area (Å²) in [6.45, 7) is 4.11. The second-order valence-electron chi connectivity index (χ2n) is 8.59. The minimum Gasteiger partial charge on any atom is -0.382 e. The summed E-state index contributed by atoms with van der Waals surface area (Å²) in [5.41, 5.74) is 6.41. The van der Waals surface area contributed by atoms with Crippen molar-refractivity contribution in [2.24, 2.45) is 0 Å². The van der Waals surface area contributed by atoms with Crippen molar-refractivity contribution in [2.75, 3.05) is 5.32 Å². The number of anilines is 1. The normalized spacial score (nSPS) is 11.5. The number of rotatable bonds is 5. The van der Waals surface area contributed by atoms with Crippen LogP contribution in [-0.2, 0) is 0 Å². The van der Waals surface area contributed by atoms with E-state index >= 15 is 4.39 Å². The topological polar surface area (TPSA) is 108 Å². The van der Waals surface area contributed by atoms with Crippen molar-refractivity contribution < 1.29 is 4.39 Å². The standard InChI is InChI=1S/C26H21FN8/c1-14(2)31-18-9-17(12-29-13-18)16-10-19-23(20(27)11-16)34-35-24(19)26-32-21-5-8-30-22(25(21)33-26)15-3-6-28-7-4-15/h3-14,31H,1-2H3,(H,32,33)(H,34,35). The van der Waals surface area contributed by atoms with Crippen LogP contribution < -0.4 is 5.32 Å². The lowest BCUT2D eigenvalue weighted by Gasteiger charge is -2.11. The van der Waals surface area contributed by atoms with Crippen molar-refractivity contribution in [3.05, 3.63) is 73.2 Å². The zero-order valence-electron chi connectivity index (χ0n) is 19.0. The van der Waals surface area contributed by atoms with Crippen LogP contribution >= 0.6 is 0 Å². The molecule has 0 amide bonds. The van der Waals surface area contributed by atoms with Gasteiger partial charge in [-0.3, -0.25) is 20.1 Å². The molecule has 3 N–H and O–H groups in total. The van der Waals surface area contributed by atoms with E-state index in [2.05, 4.69) is 49.3 Å². The summed E-state index contributed by atoms with van der Waals surface area (Å²) in [6.07, 6.45) is 8.64. The molecule has 6 rings (SSSR count). The highest BCUT2D eigenvalue weighted by atomic mass is 19.1. The highest BCUT2D eigenvalue weighted by Gasteiger charge is 2.18. The lowest BCUT2D eigenvalue weighted by molar-refractivity contribution is 0.636. The quantitative estimate of drug-likeness (QED) is 0.307. The van der Waals surface area contributed by atoms with Gasteiger partial charge in [0.25, 0.3) is 0 Å². The average Bonchev–Trinajstić information content (AvgIpc) is 3.48. The second kappa shape index (κ2) is 8.28. The van der Waals surface area contributed by atoms with Crippen molar-refractivity contribution in [3.63, 3.8) is 0 Å². The number of hydrogen-bond donors (Lipinski definition) is 3. The third kappa shape index (κ3) is 3.76. The maximum atomic E-state index is 15.1. The summed E-state index contributed by atoms with van der Waals surface area (Å²) < 4.78 is 15.1. The molecule has 0 atom stereocenters. The second-order valence-corrected chi connectivity index (χ2v) is 8.59. The molecule has 0 fully saturated rings. The third-order valence-electron chi connectivity index (χ3n) is 5.73. The van der Waals surface area contributed by atoms with E-state index in [0.29, 0.717) is 28.0 Å². The van der Waals surface area contributed by atoms with Gasteiger partial charge in [-0.2, -0.15) is 5.10 Å². The molecule has 1 aromatic carbocycles. The summed E-state index contributed by atoms with van der Waals surface area (Å²) in [6, 6.07) is 11.2. The van der Waals surface area contributed by atoms with E-state index in [9.17, 15) is 0 Å². The SMILES string of the molecule is CC(C)Nc1cncc(-c2cc(F)c3n[nH]c(-c4nc5c(-c6ccncc6)nccc5[nH]4)c3c2)c1. The summed E-state index contributed by atoms with van der Waals surface area (Å²) in [7, 11) is 0. The molecule has 5 heterocycles. The zero-order chi connectivity index (χ0) is 23.9. The number of pyridine rings is 3. The molecule has 0 saturated heterocycles. The van der Waals surface area contributed by atoms with Gasteiger partial charge in [0.2, 0.25) is 0 Å². The Labute approximate surface area is 199 Å². The number of H-pyrrole nitrogens is 2. The summed E-state index contributed by atoms with van der Waals surface area (Å²) in [5.74, 6) is 0.133. The molecule has 0 aliphatic heterocycles. The number of fused-ring (bicyclic) bond motifs is 2. The first-order valence-corrected chi connectivity index (χ1v) is 11.2. The smallest absolute Gasteiger partial charge is 0.157 e. The van der Waals surface area contributed by atoms with E-state index in [0.717, 1.165) is 28.0 Å². The Bertz CT molecular complexity index is 1670. The molecule has 9 heteroatoms. The summed E-state index contributed by atoms with van der Waals surface area (Å²) >= 11 is 0. The first kappa shape index (κ1) is 20.9. The van der Waals surface area contributed by atoms with Crippen LogP contribution in [0.4, 0.5) is 10.1 Å². The predicted molar refractivity (Wildman–Crippen MR) is 134 cm³/mol. The fourth-order valence-electron chi connectivity index (χ4n) is 4.21. The molecule has 172 valence electrons. The fraction of sp³-hybridized carbons (Fsp3) is 0.115. The number of aromatic amines is 2. The van der Waals surface area contributed by atoms with Crippen molar-refractivity contribution in [1.29, 1.82) is 0 Å². The molecule has 0 bridgehead atoms. The number of hydrogen-bond acceptors (Lipinski definition) is 6. The lowest BCUT2D eigenvalue weighted by Crippen LogP contribution is -2.09. The van der Waals surface area contributed by atoms with Crippen molar-refractivity contribution in [1.82, 2.24) is 35.1 Å². The molecule has 0 spiro atoms. The van der Waals surface area contributed by atoms with Crippen LogP contribution in [0.5, 0.6) is 0 Å². The Balaban J connectivity index is 1.48. The van der Waals surface area contributed by atoms with Gasteiger partial charge in [0.15, 0.2) is 11.6 Å². The number of nitrogens with one attached hydrogen (secondary N) is 3. The predicted octanol–water partition coefficient (Wildman–Crippen LogP) is 5.58. The molecule has 35 heavy (non-hydrogen) atoms. The minimum absolute atomic E-state index is 0.251. The van der Waals surface area contributed by atoms with E-state index in [1.165, 1.54) is 6.07 Å². The van der Waals surface area contributed by atoms with Crippen molar-refractivity contribution in [3.8, 4) is 33.9 Å². The monoisotopic (exact) mass is 464 g/mol. The van der Waals surface area contributed by atoms with Gasteiger partial charge in [-0.25, -0.2) is 9.37 Å². The Morgan fingerprint density at radius 3 is 2.57 bits per heavy atom. The van der Waals surface area contributed by atoms with Crippen LogP contribution in [0.1, 0.15) is 13.8 Å². The van der Waals surface area contributed by atoms with Gasteiger partial charge >= 0.3 is 0 Å². The molecule has 6 aromatic rings. The average molecular weight is 465 g/mol. The van der Waals surface area contributed by atoms with E-state index in [4.69, 9.17) is 4.98 Å². The molecule has 0 aliphatic carbocycles. The molecule has 0 unspecified atom stereocenters. The van der Waals surface area contributed by atoms with Crippen LogP contribution in [0.2, 0.25) is 0 Å². The molecular weight excluding hydrogens is 443 g/mol. The molecular formula is C26H21FN8. The van der Waals surface area contributed by atoms with E-state index in [-0.39, 0.29) is 11.6 Å². The number of nitrogens with zero attached hydrogens (tertiary/aromatic N) is 5. The van der Waals surface area contributed by atoms with Crippen LogP contribution in [0.3, 0.4) is 0 Å². The molecule has 5 aromatic heterocycles. The van der Waals surface area contributed by atoms with Gasteiger partial charge in [0, 0.05) is 53.5 Å². The van der Waals surface area contributed by atoms with Gasteiger partial charge in [-0.1, -0.05) is 0 Å². The maximum absolute atomic E-state index is 15.1. The third-order valence-corrected chi connectivity index (χ3v) is 5.73. The largest absolute Gasteiger partial charge is 0.382 e. The minimum atomic E-state index is -0.419. The maximum Gasteiger partial charge on any atom is 0.157 e. The summed E-state index contributed by atoms with van der Waals surface area (Å²) in [5, 5.41) is 11.1. The van der Waals surface area contributed by atoms with Crippen LogP contribution in [0.15, 0.2) is 67.4 Å². The van der Waals surface area contributed by atoms with Gasteiger partial charge in [-0.15, -0.1) is 0 Å². The first-order valence-electron chi connectivity index (χ1n) is 11.2. The zero-order valence-corrected chi connectivity index (χ0v) is 19.0. The lowest BCUT2D eigenvalue weighted by atomic mass is 10.0. The van der Waals surface area contributed by atoms with Crippen LogP contribution in [0, 0.1) is 5.82 Å². The summed E-state index contributed by atoms with van der Waals surface area (Å²) in [4.78, 5) is 21.1. The molecule has 0 aliphatic rings. The molecule has 8 nitrogen and oxygen atoms in total. The fourth-order valence-corrected chi connectivity index (χ4v) is 4.21. The van der Waals surface area contributed by atoms with Crippen molar-refractivity contribution in [2.45, 2.75) is 19.9 Å². The van der Waals surface area contributed by atoms with E-state index in [1.54, 1.807) is 31.0 Å². The highest BCUT2D eigenvalue weighted by Crippen LogP contribution is 2.34. The number of aromatic nitrogens is 7. The Kier molecular flexibility index (Phi) is 4.95. The number of benzene rings is 1. The Hall–Kier alpha value is -4.66.